The first-order valence-corrected chi connectivity index (χ1v) is 18.4. The number of fused-ring (bicyclic) bond motifs is 4. The molecule has 0 spiro atoms. The first kappa shape index (κ1) is 31.6. The lowest BCUT2D eigenvalue weighted by atomic mass is 9.94. The van der Waals surface area contributed by atoms with E-state index in [1.165, 1.54) is 55.1 Å². The smallest absolute Gasteiger partial charge is 0.160 e. The molecule has 9 aromatic carbocycles. The third-order valence-electron chi connectivity index (χ3n) is 10.5. The van der Waals surface area contributed by atoms with E-state index < -0.39 is 0 Å². The van der Waals surface area contributed by atoms with Gasteiger partial charge in [-0.25, -0.2) is 9.97 Å². The fourth-order valence-electron chi connectivity index (χ4n) is 7.60. The Labute approximate surface area is 314 Å². The van der Waals surface area contributed by atoms with Crippen LogP contribution in [0.4, 0.5) is 0 Å². The van der Waals surface area contributed by atoms with Crippen molar-refractivity contribution in [3.05, 3.63) is 206 Å². The predicted molar refractivity (Wildman–Crippen MR) is 227 cm³/mol. The normalized spacial score (nSPS) is 11.3. The van der Waals surface area contributed by atoms with Crippen molar-refractivity contribution >= 4 is 32.4 Å². The second kappa shape index (κ2) is 13.4. The average molecular weight is 687 g/mol. The molecule has 0 fully saturated rings. The highest BCUT2D eigenvalue weighted by Crippen LogP contribution is 2.35. The van der Waals surface area contributed by atoms with E-state index in [1.807, 2.05) is 18.2 Å². The van der Waals surface area contributed by atoms with Gasteiger partial charge in [0, 0.05) is 21.9 Å². The summed E-state index contributed by atoms with van der Waals surface area (Å²) < 4.78 is 0. The number of benzene rings is 9. The van der Waals surface area contributed by atoms with E-state index in [4.69, 9.17) is 9.97 Å². The number of rotatable bonds is 6. The van der Waals surface area contributed by atoms with Crippen LogP contribution in [0.25, 0.3) is 99.6 Å². The first-order valence-electron chi connectivity index (χ1n) is 18.4. The van der Waals surface area contributed by atoms with Gasteiger partial charge in [-0.3, -0.25) is 0 Å². The van der Waals surface area contributed by atoms with Crippen LogP contribution in [0.2, 0.25) is 0 Å². The summed E-state index contributed by atoms with van der Waals surface area (Å²) >= 11 is 0. The van der Waals surface area contributed by atoms with Crippen molar-refractivity contribution < 1.29 is 0 Å². The summed E-state index contributed by atoms with van der Waals surface area (Å²) in [6.07, 6.45) is 0. The zero-order chi connectivity index (χ0) is 35.8. The fraction of sp³-hybridized carbons (Fsp3) is 0. The number of nitrogens with zero attached hydrogens (tertiary/aromatic N) is 2. The molecule has 1 heterocycles. The van der Waals surface area contributed by atoms with Gasteiger partial charge in [0.1, 0.15) is 0 Å². The van der Waals surface area contributed by atoms with Crippen LogP contribution < -0.4 is 0 Å². The van der Waals surface area contributed by atoms with Crippen LogP contribution in [-0.2, 0) is 0 Å². The van der Waals surface area contributed by atoms with Gasteiger partial charge < -0.3 is 0 Å². The minimum atomic E-state index is 0.732. The predicted octanol–water partition coefficient (Wildman–Crippen LogP) is 13.9. The van der Waals surface area contributed by atoms with Crippen molar-refractivity contribution in [2.75, 3.05) is 0 Å². The standard InChI is InChI=1S/C52H34N2/c1-2-12-41(13-3-1)52-53-50(49-31-30-39-11-6-7-19-48(39)51(49)54-52)40-27-24-37(25-28-40)36-20-22-38(23-21-36)43-15-8-16-44(32-43)45-17-9-18-46(34-45)47-29-26-35-10-4-5-14-42(35)33-47/h1-34H. The van der Waals surface area contributed by atoms with E-state index in [0.717, 1.165) is 44.5 Å². The summed E-state index contributed by atoms with van der Waals surface area (Å²) in [6, 6.07) is 73.6. The maximum atomic E-state index is 5.14. The molecule has 0 amide bonds. The summed E-state index contributed by atoms with van der Waals surface area (Å²) in [4.78, 5) is 10.2. The van der Waals surface area contributed by atoms with Crippen LogP contribution in [-0.4, -0.2) is 9.97 Å². The molecule has 2 nitrogen and oxygen atoms in total. The Balaban J connectivity index is 0.941. The molecule has 0 N–H and O–H groups in total. The van der Waals surface area contributed by atoms with E-state index in [-0.39, 0.29) is 0 Å². The van der Waals surface area contributed by atoms with Crippen LogP contribution in [0.1, 0.15) is 0 Å². The molecule has 0 atom stereocenters. The zero-order valence-corrected chi connectivity index (χ0v) is 29.5. The van der Waals surface area contributed by atoms with Crippen molar-refractivity contribution in [3.63, 3.8) is 0 Å². The van der Waals surface area contributed by atoms with Gasteiger partial charge in [-0.05, 0) is 84.9 Å². The molecule has 0 bridgehead atoms. The van der Waals surface area contributed by atoms with Crippen molar-refractivity contribution in [1.29, 1.82) is 0 Å². The van der Waals surface area contributed by atoms with Gasteiger partial charge in [0.15, 0.2) is 5.82 Å². The maximum absolute atomic E-state index is 5.14. The SMILES string of the molecule is c1ccc(-c2nc(-c3ccc(-c4ccc(-c5cccc(-c6cccc(-c7ccc8ccccc8c7)c6)c5)cc4)cc3)c3ccc4ccccc4c3n2)cc1. The summed E-state index contributed by atoms with van der Waals surface area (Å²) in [5.41, 5.74) is 13.6. The van der Waals surface area contributed by atoms with Crippen molar-refractivity contribution in [1.82, 2.24) is 9.97 Å². The summed E-state index contributed by atoms with van der Waals surface area (Å²) in [5.74, 6) is 0.732. The summed E-state index contributed by atoms with van der Waals surface area (Å²) in [7, 11) is 0. The highest BCUT2D eigenvalue weighted by atomic mass is 14.9. The first-order chi connectivity index (χ1) is 26.7. The van der Waals surface area contributed by atoms with Crippen molar-refractivity contribution in [3.8, 4) is 67.2 Å². The minimum Gasteiger partial charge on any atom is -0.227 e. The van der Waals surface area contributed by atoms with Gasteiger partial charge in [0.05, 0.1) is 11.2 Å². The van der Waals surface area contributed by atoms with Crippen LogP contribution in [0, 0.1) is 0 Å². The molecule has 0 saturated carbocycles. The maximum Gasteiger partial charge on any atom is 0.160 e. The van der Waals surface area contributed by atoms with Gasteiger partial charge in [0.2, 0.25) is 0 Å². The van der Waals surface area contributed by atoms with Crippen LogP contribution in [0.3, 0.4) is 0 Å². The van der Waals surface area contributed by atoms with E-state index in [1.54, 1.807) is 0 Å². The molecule has 0 saturated heterocycles. The van der Waals surface area contributed by atoms with Crippen LogP contribution in [0.5, 0.6) is 0 Å². The number of hydrogen-bond donors (Lipinski definition) is 0. The molecular formula is C52H34N2. The molecule has 10 aromatic rings. The second-order valence-corrected chi connectivity index (χ2v) is 13.8. The Kier molecular flexibility index (Phi) is 7.85. The Hall–Kier alpha value is -7.16. The zero-order valence-electron chi connectivity index (χ0n) is 29.5. The molecule has 0 aliphatic carbocycles. The molecule has 0 aliphatic rings. The third kappa shape index (κ3) is 5.90. The Bertz CT molecular complexity index is 2960. The lowest BCUT2D eigenvalue weighted by molar-refractivity contribution is 1.23. The molecule has 252 valence electrons. The lowest BCUT2D eigenvalue weighted by Crippen LogP contribution is -1.96. The van der Waals surface area contributed by atoms with E-state index in [9.17, 15) is 0 Å². The molecule has 10 rings (SSSR count). The van der Waals surface area contributed by atoms with E-state index in [2.05, 4.69) is 188 Å². The highest BCUT2D eigenvalue weighted by Gasteiger charge is 2.14. The molecule has 0 aliphatic heterocycles. The quantitative estimate of drug-likeness (QED) is 0.163. The minimum absolute atomic E-state index is 0.732. The lowest BCUT2D eigenvalue weighted by Gasteiger charge is -2.12. The van der Waals surface area contributed by atoms with Crippen LogP contribution in [0.15, 0.2) is 206 Å². The van der Waals surface area contributed by atoms with Crippen molar-refractivity contribution in [2.24, 2.45) is 0 Å². The molecule has 2 heteroatoms. The average Bonchev–Trinajstić information content (AvgIpc) is 3.26. The summed E-state index contributed by atoms with van der Waals surface area (Å²) in [5, 5.41) is 5.87. The Morgan fingerprint density at radius 3 is 1.37 bits per heavy atom. The van der Waals surface area contributed by atoms with Crippen molar-refractivity contribution in [2.45, 2.75) is 0 Å². The van der Waals surface area contributed by atoms with Gasteiger partial charge in [0.25, 0.3) is 0 Å². The molecule has 0 radical (unpaired) electrons. The van der Waals surface area contributed by atoms with Gasteiger partial charge in [-0.15, -0.1) is 0 Å². The van der Waals surface area contributed by atoms with Crippen LogP contribution >= 0.6 is 0 Å². The molecule has 0 unspecified atom stereocenters. The molecule has 54 heavy (non-hydrogen) atoms. The van der Waals surface area contributed by atoms with E-state index in [0.29, 0.717) is 0 Å². The molecule has 1 aromatic heterocycles. The number of hydrogen-bond acceptors (Lipinski definition) is 2. The van der Waals surface area contributed by atoms with Gasteiger partial charge >= 0.3 is 0 Å². The Morgan fingerprint density at radius 1 is 0.241 bits per heavy atom. The third-order valence-corrected chi connectivity index (χ3v) is 10.5. The topological polar surface area (TPSA) is 25.8 Å². The Morgan fingerprint density at radius 2 is 0.704 bits per heavy atom. The largest absolute Gasteiger partial charge is 0.227 e. The van der Waals surface area contributed by atoms with E-state index >= 15 is 0 Å². The fourth-order valence-corrected chi connectivity index (χ4v) is 7.60. The summed E-state index contributed by atoms with van der Waals surface area (Å²) in [6.45, 7) is 0. The molecular weight excluding hydrogens is 653 g/mol. The second-order valence-electron chi connectivity index (χ2n) is 13.8. The van der Waals surface area contributed by atoms with Gasteiger partial charge in [-0.1, -0.05) is 182 Å². The highest BCUT2D eigenvalue weighted by molar-refractivity contribution is 6.09. The monoisotopic (exact) mass is 686 g/mol. The van der Waals surface area contributed by atoms with Gasteiger partial charge in [-0.2, -0.15) is 0 Å². The number of aromatic nitrogens is 2.